The van der Waals surface area contributed by atoms with Gasteiger partial charge in [0.15, 0.2) is 0 Å². The summed E-state index contributed by atoms with van der Waals surface area (Å²) in [5.41, 5.74) is 2.13. The summed E-state index contributed by atoms with van der Waals surface area (Å²) in [6, 6.07) is 27.8. The zero-order chi connectivity index (χ0) is 15.9. The van der Waals surface area contributed by atoms with E-state index < -0.39 is 0 Å². The van der Waals surface area contributed by atoms with E-state index in [0.717, 1.165) is 28.4 Å². The molecule has 3 aromatic carbocycles. The lowest BCUT2D eigenvalue weighted by atomic mass is 10.1. The van der Waals surface area contributed by atoms with Gasteiger partial charge in [0, 0.05) is 5.56 Å². The molecule has 3 rings (SSSR count). The molecule has 0 amide bonds. The van der Waals surface area contributed by atoms with Gasteiger partial charge in [-0.05, 0) is 35.9 Å². The number of methoxy groups -OCH3 is 1. The van der Waals surface area contributed by atoms with E-state index in [9.17, 15) is 0 Å². The van der Waals surface area contributed by atoms with Crippen LogP contribution in [0.25, 0.3) is 11.8 Å². The zero-order valence-electron chi connectivity index (χ0n) is 13.0. The molecule has 0 aliphatic heterocycles. The van der Waals surface area contributed by atoms with Crippen LogP contribution in [0.3, 0.4) is 0 Å². The summed E-state index contributed by atoms with van der Waals surface area (Å²) in [5, 5.41) is 0. The minimum Gasteiger partial charge on any atom is -0.497 e. The van der Waals surface area contributed by atoms with Crippen molar-refractivity contribution in [3.63, 3.8) is 0 Å². The normalized spacial score (nSPS) is 11.1. The maximum atomic E-state index is 6.11. The van der Waals surface area contributed by atoms with Crippen LogP contribution in [0.2, 0.25) is 0 Å². The molecule has 23 heavy (non-hydrogen) atoms. The molecule has 0 saturated heterocycles. The third-order valence-electron chi connectivity index (χ3n) is 3.44. The van der Waals surface area contributed by atoms with E-state index in [-0.39, 0.29) is 0 Å². The van der Waals surface area contributed by atoms with E-state index in [2.05, 4.69) is 12.1 Å². The van der Waals surface area contributed by atoms with Crippen LogP contribution in [-0.4, -0.2) is 7.11 Å². The largest absolute Gasteiger partial charge is 0.497 e. The molecule has 0 spiro atoms. The standard InChI is InChI=1S/C21H18O2/c1-22-19-12-14-20(15-13-19)23-21(18-10-6-3-7-11-18)16-17-8-4-2-5-9-17/h2-16H,1H3. The van der Waals surface area contributed by atoms with Crippen molar-refractivity contribution in [2.24, 2.45) is 0 Å². The first-order valence-corrected chi connectivity index (χ1v) is 7.49. The molecule has 0 bridgehead atoms. The van der Waals surface area contributed by atoms with Gasteiger partial charge in [-0.15, -0.1) is 0 Å². The molecule has 3 aromatic rings. The molecule has 0 fully saturated rings. The average molecular weight is 302 g/mol. The molecule has 0 atom stereocenters. The smallest absolute Gasteiger partial charge is 0.135 e. The predicted molar refractivity (Wildman–Crippen MR) is 94.4 cm³/mol. The van der Waals surface area contributed by atoms with Crippen molar-refractivity contribution in [3.05, 3.63) is 96.1 Å². The Morgan fingerprint density at radius 1 is 0.696 bits per heavy atom. The highest BCUT2D eigenvalue weighted by Crippen LogP contribution is 2.25. The fraction of sp³-hybridized carbons (Fsp3) is 0.0476. The molecule has 0 N–H and O–H groups in total. The number of hydrogen-bond acceptors (Lipinski definition) is 2. The molecule has 0 unspecified atom stereocenters. The third-order valence-corrected chi connectivity index (χ3v) is 3.44. The molecule has 0 aliphatic rings. The topological polar surface area (TPSA) is 18.5 Å². The number of ether oxygens (including phenoxy) is 2. The highest BCUT2D eigenvalue weighted by molar-refractivity contribution is 5.78. The fourth-order valence-electron chi connectivity index (χ4n) is 2.25. The monoisotopic (exact) mass is 302 g/mol. The van der Waals surface area contributed by atoms with Crippen LogP contribution in [0, 0.1) is 0 Å². The van der Waals surface area contributed by atoms with E-state index in [1.807, 2.05) is 78.9 Å². The number of benzene rings is 3. The van der Waals surface area contributed by atoms with Gasteiger partial charge in [-0.25, -0.2) is 0 Å². The molecule has 0 aliphatic carbocycles. The van der Waals surface area contributed by atoms with E-state index in [0.29, 0.717) is 0 Å². The van der Waals surface area contributed by atoms with Crippen LogP contribution in [0.5, 0.6) is 11.5 Å². The summed E-state index contributed by atoms with van der Waals surface area (Å²) in [6.07, 6.45) is 2.04. The van der Waals surface area contributed by atoms with E-state index >= 15 is 0 Å². The van der Waals surface area contributed by atoms with Crippen molar-refractivity contribution < 1.29 is 9.47 Å². The Bertz CT molecular complexity index is 760. The molecule has 0 radical (unpaired) electrons. The van der Waals surface area contributed by atoms with Gasteiger partial charge >= 0.3 is 0 Å². The Balaban J connectivity index is 1.93. The summed E-state index contributed by atoms with van der Waals surface area (Å²) < 4.78 is 11.3. The minimum atomic E-state index is 0.775. The van der Waals surface area contributed by atoms with Crippen molar-refractivity contribution in [3.8, 4) is 11.5 Å². The molecule has 2 nitrogen and oxygen atoms in total. The first-order chi connectivity index (χ1) is 11.3. The molecule has 114 valence electrons. The molecule has 0 heterocycles. The second kappa shape index (κ2) is 7.32. The van der Waals surface area contributed by atoms with Gasteiger partial charge in [0.2, 0.25) is 0 Å². The minimum absolute atomic E-state index is 0.775. The SMILES string of the molecule is COc1ccc(OC(=Cc2ccccc2)c2ccccc2)cc1. The Morgan fingerprint density at radius 2 is 1.26 bits per heavy atom. The van der Waals surface area contributed by atoms with Gasteiger partial charge in [0.1, 0.15) is 17.3 Å². The van der Waals surface area contributed by atoms with Crippen LogP contribution < -0.4 is 9.47 Å². The fourth-order valence-corrected chi connectivity index (χ4v) is 2.25. The van der Waals surface area contributed by atoms with Crippen LogP contribution >= 0.6 is 0 Å². The van der Waals surface area contributed by atoms with Crippen molar-refractivity contribution >= 4 is 11.8 Å². The second-order valence-corrected chi connectivity index (χ2v) is 5.06. The Hall–Kier alpha value is -3.00. The van der Waals surface area contributed by atoms with Gasteiger partial charge in [0.05, 0.1) is 7.11 Å². The van der Waals surface area contributed by atoms with Gasteiger partial charge in [-0.2, -0.15) is 0 Å². The lowest BCUT2D eigenvalue weighted by Crippen LogP contribution is -1.95. The highest BCUT2D eigenvalue weighted by atomic mass is 16.5. The quantitative estimate of drug-likeness (QED) is 0.472. The third kappa shape index (κ3) is 4.01. The summed E-state index contributed by atoms with van der Waals surface area (Å²) in [4.78, 5) is 0. The number of rotatable bonds is 5. The molecular formula is C21H18O2. The summed E-state index contributed by atoms with van der Waals surface area (Å²) >= 11 is 0. The lowest BCUT2D eigenvalue weighted by Gasteiger charge is -2.11. The van der Waals surface area contributed by atoms with Gasteiger partial charge in [-0.3, -0.25) is 0 Å². The summed E-state index contributed by atoms with van der Waals surface area (Å²) in [6.45, 7) is 0. The summed E-state index contributed by atoms with van der Waals surface area (Å²) in [7, 11) is 1.65. The molecule has 2 heteroatoms. The maximum absolute atomic E-state index is 6.11. The zero-order valence-corrected chi connectivity index (χ0v) is 13.0. The van der Waals surface area contributed by atoms with Crippen molar-refractivity contribution in [1.82, 2.24) is 0 Å². The first kappa shape index (κ1) is 14.9. The number of hydrogen-bond donors (Lipinski definition) is 0. The van der Waals surface area contributed by atoms with E-state index in [1.54, 1.807) is 7.11 Å². The van der Waals surface area contributed by atoms with Crippen molar-refractivity contribution in [1.29, 1.82) is 0 Å². The lowest BCUT2D eigenvalue weighted by molar-refractivity contribution is 0.413. The molecule has 0 saturated carbocycles. The Kier molecular flexibility index (Phi) is 4.75. The molecular weight excluding hydrogens is 284 g/mol. The Labute approximate surface area is 136 Å². The Morgan fingerprint density at radius 3 is 1.87 bits per heavy atom. The van der Waals surface area contributed by atoms with Crippen LogP contribution in [0.1, 0.15) is 11.1 Å². The van der Waals surface area contributed by atoms with Crippen LogP contribution in [0.4, 0.5) is 0 Å². The maximum Gasteiger partial charge on any atom is 0.135 e. The van der Waals surface area contributed by atoms with E-state index in [4.69, 9.17) is 9.47 Å². The van der Waals surface area contributed by atoms with Gasteiger partial charge in [-0.1, -0.05) is 60.7 Å². The van der Waals surface area contributed by atoms with E-state index in [1.165, 1.54) is 0 Å². The molecule has 0 aromatic heterocycles. The van der Waals surface area contributed by atoms with Crippen molar-refractivity contribution in [2.75, 3.05) is 7.11 Å². The average Bonchev–Trinajstić information content (AvgIpc) is 2.63. The summed E-state index contributed by atoms with van der Waals surface area (Å²) in [5.74, 6) is 2.39. The van der Waals surface area contributed by atoms with Crippen LogP contribution in [-0.2, 0) is 0 Å². The van der Waals surface area contributed by atoms with Gasteiger partial charge in [0.25, 0.3) is 0 Å². The van der Waals surface area contributed by atoms with Gasteiger partial charge < -0.3 is 9.47 Å². The predicted octanol–water partition coefficient (Wildman–Crippen LogP) is 5.27. The first-order valence-electron chi connectivity index (χ1n) is 7.49. The second-order valence-electron chi connectivity index (χ2n) is 5.06. The highest BCUT2D eigenvalue weighted by Gasteiger charge is 2.05. The van der Waals surface area contributed by atoms with Crippen molar-refractivity contribution in [2.45, 2.75) is 0 Å². The van der Waals surface area contributed by atoms with Crippen LogP contribution in [0.15, 0.2) is 84.9 Å².